The molecule has 0 aliphatic heterocycles. The third-order valence-electron chi connectivity index (χ3n) is 4.81. The molecule has 1 N–H and O–H groups in total. The Hall–Kier alpha value is -1.46. The maximum atomic E-state index is 5.88. The van der Waals surface area contributed by atoms with Crippen LogP contribution in [-0.2, 0) is 4.74 Å². The van der Waals surface area contributed by atoms with Crippen LogP contribution in [0, 0.1) is 17.8 Å². The molecule has 19 heavy (non-hydrogen) atoms. The third kappa shape index (κ3) is 2.03. The second-order valence-corrected chi connectivity index (χ2v) is 5.69. The molecule has 2 aliphatic carbocycles. The summed E-state index contributed by atoms with van der Waals surface area (Å²) in [7, 11) is 0. The Morgan fingerprint density at radius 3 is 2.95 bits per heavy atom. The van der Waals surface area contributed by atoms with E-state index < -0.39 is 0 Å². The summed E-state index contributed by atoms with van der Waals surface area (Å²) in [5.41, 5.74) is 2.47. The normalized spacial score (nSPS) is 27.2. The zero-order valence-electron chi connectivity index (χ0n) is 11.5. The number of rotatable bonds is 4. The molecule has 100 valence electrons. The monoisotopic (exact) mass is 255 g/mol. The van der Waals surface area contributed by atoms with Crippen LogP contribution in [0.1, 0.15) is 38.2 Å². The molecule has 2 heteroatoms. The van der Waals surface area contributed by atoms with Gasteiger partial charge in [0.1, 0.15) is 0 Å². The van der Waals surface area contributed by atoms with E-state index in [1.807, 2.05) is 12.1 Å². The van der Waals surface area contributed by atoms with E-state index in [9.17, 15) is 0 Å². The highest BCUT2D eigenvalue weighted by Gasteiger charge is 2.58. The summed E-state index contributed by atoms with van der Waals surface area (Å²) in [5.74, 6) is 2.69. The average Bonchev–Trinajstić information content (AvgIpc) is 2.36. The lowest BCUT2D eigenvalue weighted by molar-refractivity contribution is -0.157. The summed E-state index contributed by atoms with van der Waals surface area (Å²) in [6, 6.07) is 8.69. The standard InChI is InChI=1S/C17H21NO/c1-3-13-7-5-8-14(11-13)18-15-12-16(19-4-2)17(15)9-6-10-17/h1,5,7-8,11,15-16,18H,4,6,9-10,12H2,2H3. The van der Waals surface area contributed by atoms with Crippen molar-refractivity contribution in [1.29, 1.82) is 0 Å². The number of hydrogen-bond donors (Lipinski definition) is 1. The summed E-state index contributed by atoms with van der Waals surface area (Å²) >= 11 is 0. The van der Waals surface area contributed by atoms with Gasteiger partial charge in [0.25, 0.3) is 0 Å². The van der Waals surface area contributed by atoms with E-state index in [4.69, 9.17) is 11.2 Å². The van der Waals surface area contributed by atoms with Gasteiger partial charge in [0, 0.05) is 29.3 Å². The van der Waals surface area contributed by atoms with Gasteiger partial charge in [-0.3, -0.25) is 0 Å². The summed E-state index contributed by atoms with van der Waals surface area (Å²) in [4.78, 5) is 0. The Labute approximate surface area is 115 Å². The summed E-state index contributed by atoms with van der Waals surface area (Å²) in [6.45, 7) is 2.91. The molecule has 2 aliphatic rings. The summed E-state index contributed by atoms with van der Waals surface area (Å²) in [6.07, 6.45) is 11.0. The fraction of sp³-hybridized carbons (Fsp3) is 0.529. The van der Waals surface area contributed by atoms with Gasteiger partial charge in [-0.25, -0.2) is 0 Å². The number of ether oxygens (including phenoxy) is 1. The fourth-order valence-electron chi connectivity index (χ4n) is 3.54. The van der Waals surface area contributed by atoms with E-state index in [0.717, 1.165) is 24.3 Å². The molecular weight excluding hydrogens is 234 g/mol. The molecule has 2 saturated carbocycles. The fourth-order valence-corrected chi connectivity index (χ4v) is 3.54. The van der Waals surface area contributed by atoms with Crippen molar-refractivity contribution in [2.45, 2.75) is 44.8 Å². The van der Waals surface area contributed by atoms with Gasteiger partial charge in [-0.1, -0.05) is 18.4 Å². The van der Waals surface area contributed by atoms with Crippen LogP contribution in [0.3, 0.4) is 0 Å². The molecule has 2 nitrogen and oxygen atoms in total. The molecule has 0 aromatic heterocycles. The lowest BCUT2D eigenvalue weighted by atomic mass is 9.51. The van der Waals surface area contributed by atoms with Crippen LogP contribution in [0.15, 0.2) is 24.3 Å². The maximum Gasteiger partial charge on any atom is 0.0670 e. The minimum atomic E-state index is 0.391. The van der Waals surface area contributed by atoms with E-state index in [0.29, 0.717) is 17.6 Å². The Bertz CT molecular complexity index is 498. The first kappa shape index (κ1) is 12.6. The van der Waals surface area contributed by atoms with Gasteiger partial charge in [0.15, 0.2) is 0 Å². The second-order valence-electron chi connectivity index (χ2n) is 5.69. The van der Waals surface area contributed by atoms with Crippen LogP contribution in [0.5, 0.6) is 0 Å². The number of terminal acetylenes is 1. The Kier molecular flexibility index (Phi) is 3.24. The number of anilines is 1. The number of hydrogen-bond acceptors (Lipinski definition) is 2. The first-order valence-corrected chi connectivity index (χ1v) is 7.23. The first-order valence-electron chi connectivity index (χ1n) is 7.23. The van der Waals surface area contributed by atoms with Crippen molar-refractivity contribution in [3.8, 4) is 12.3 Å². The van der Waals surface area contributed by atoms with Gasteiger partial charge in [-0.2, -0.15) is 0 Å². The Balaban J connectivity index is 1.69. The SMILES string of the molecule is C#Cc1cccc(NC2CC(OCC)C23CCC3)c1. The third-order valence-corrected chi connectivity index (χ3v) is 4.81. The van der Waals surface area contributed by atoms with E-state index >= 15 is 0 Å². The van der Waals surface area contributed by atoms with Crippen molar-refractivity contribution in [1.82, 2.24) is 0 Å². The van der Waals surface area contributed by atoms with E-state index in [1.165, 1.54) is 19.3 Å². The van der Waals surface area contributed by atoms with Gasteiger partial charge in [-0.15, -0.1) is 6.42 Å². The highest BCUT2D eigenvalue weighted by Crippen LogP contribution is 2.58. The summed E-state index contributed by atoms with van der Waals surface area (Å²) < 4.78 is 5.88. The van der Waals surface area contributed by atoms with Crippen LogP contribution >= 0.6 is 0 Å². The second kappa shape index (κ2) is 4.90. The molecule has 2 fully saturated rings. The number of benzene rings is 1. The highest BCUT2D eigenvalue weighted by atomic mass is 16.5. The predicted octanol–water partition coefficient (Wildman–Crippen LogP) is 3.43. The van der Waals surface area contributed by atoms with Gasteiger partial charge in [-0.05, 0) is 44.4 Å². The average molecular weight is 255 g/mol. The maximum absolute atomic E-state index is 5.88. The quantitative estimate of drug-likeness (QED) is 0.832. The molecule has 2 unspecified atom stereocenters. The topological polar surface area (TPSA) is 21.3 Å². The lowest BCUT2D eigenvalue weighted by Gasteiger charge is -2.61. The molecule has 2 atom stereocenters. The molecule has 0 heterocycles. The molecule has 1 spiro atoms. The summed E-state index contributed by atoms with van der Waals surface area (Å²) in [5, 5.41) is 3.66. The van der Waals surface area contributed by atoms with Crippen LogP contribution in [0.2, 0.25) is 0 Å². The molecule has 0 bridgehead atoms. The van der Waals surface area contributed by atoms with Gasteiger partial charge in [0.05, 0.1) is 6.10 Å². The van der Waals surface area contributed by atoms with Crippen molar-refractivity contribution >= 4 is 5.69 Å². The van der Waals surface area contributed by atoms with Crippen LogP contribution < -0.4 is 5.32 Å². The van der Waals surface area contributed by atoms with Crippen molar-refractivity contribution in [2.24, 2.45) is 5.41 Å². The molecule has 1 aromatic rings. The number of nitrogens with one attached hydrogen (secondary N) is 1. The van der Waals surface area contributed by atoms with E-state index in [2.05, 4.69) is 30.3 Å². The van der Waals surface area contributed by atoms with Gasteiger partial charge >= 0.3 is 0 Å². The van der Waals surface area contributed by atoms with Crippen LogP contribution in [0.4, 0.5) is 5.69 Å². The first-order chi connectivity index (χ1) is 9.28. The molecule has 3 rings (SSSR count). The van der Waals surface area contributed by atoms with Crippen molar-refractivity contribution < 1.29 is 4.74 Å². The molecule has 0 amide bonds. The van der Waals surface area contributed by atoms with Crippen LogP contribution in [0.25, 0.3) is 0 Å². The Morgan fingerprint density at radius 1 is 1.47 bits per heavy atom. The minimum Gasteiger partial charge on any atom is -0.382 e. The smallest absolute Gasteiger partial charge is 0.0670 e. The van der Waals surface area contributed by atoms with E-state index in [1.54, 1.807) is 0 Å². The molecule has 0 radical (unpaired) electrons. The Morgan fingerprint density at radius 2 is 2.32 bits per heavy atom. The van der Waals surface area contributed by atoms with Crippen molar-refractivity contribution in [3.63, 3.8) is 0 Å². The highest BCUT2D eigenvalue weighted by molar-refractivity contribution is 5.51. The lowest BCUT2D eigenvalue weighted by Crippen LogP contribution is -2.64. The molecular formula is C17H21NO. The van der Waals surface area contributed by atoms with Gasteiger partial charge < -0.3 is 10.1 Å². The minimum absolute atomic E-state index is 0.391. The van der Waals surface area contributed by atoms with Crippen molar-refractivity contribution in [3.05, 3.63) is 29.8 Å². The molecule has 1 aromatic carbocycles. The van der Waals surface area contributed by atoms with Crippen molar-refractivity contribution in [2.75, 3.05) is 11.9 Å². The van der Waals surface area contributed by atoms with E-state index in [-0.39, 0.29) is 0 Å². The van der Waals surface area contributed by atoms with Crippen LogP contribution in [-0.4, -0.2) is 18.8 Å². The largest absolute Gasteiger partial charge is 0.382 e. The predicted molar refractivity (Wildman–Crippen MR) is 78.1 cm³/mol. The molecule has 0 saturated heterocycles. The zero-order valence-corrected chi connectivity index (χ0v) is 11.5. The van der Waals surface area contributed by atoms with Gasteiger partial charge in [0.2, 0.25) is 0 Å². The zero-order chi connectivity index (χ0) is 13.3.